The van der Waals surface area contributed by atoms with Gasteiger partial charge in [0.1, 0.15) is 5.82 Å². The molecule has 1 N–H and O–H groups in total. The monoisotopic (exact) mass is 392 g/mol. The minimum absolute atomic E-state index is 0.129. The van der Waals surface area contributed by atoms with Crippen LogP contribution in [0.5, 0.6) is 0 Å². The van der Waals surface area contributed by atoms with Crippen molar-refractivity contribution >= 4 is 17.6 Å². The molecular formula is C20H22ClFN2O3. The number of nitrogens with zero attached hydrogens (tertiary/aromatic N) is 1. The molecule has 0 saturated carbocycles. The SMILES string of the molecule is [C-]#[N+]C1=C(C)NC(COC)=C(C(=O)OCC(C)C)C1c1ccc(F)cc1Cl. The highest BCUT2D eigenvalue weighted by atomic mass is 35.5. The van der Waals surface area contributed by atoms with Gasteiger partial charge in [0.25, 0.3) is 0 Å². The maximum atomic E-state index is 13.5. The van der Waals surface area contributed by atoms with Crippen molar-refractivity contribution in [2.24, 2.45) is 5.92 Å². The van der Waals surface area contributed by atoms with Gasteiger partial charge >= 0.3 is 5.97 Å². The number of hydrogen-bond donors (Lipinski definition) is 1. The topological polar surface area (TPSA) is 51.9 Å². The minimum atomic E-state index is -0.762. The van der Waals surface area contributed by atoms with E-state index in [4.69, 9.17) is 27.6 Å². The van der Waals surface area contributed by atoms with Gasteiger partial charge in [-0.25, -0.2) is 14.0 Å². The fourth-order valence-corrected chi connectivity index (χ4v) is 3.17. The van der Waals surface area contributed by atoms with Gasteiger partial charge in [0.2, 0.25) is 0 Å². The summed E-state index contributed by atoms with van der Waals surface area (Å²) in [7, 11) is 1.51. The van der Waals surface area contributed by atoms with Crippen molar-refractivity contribution in [1.29, 1.82) is 0 Å². The molecule has 0 aromatic heterocycles. The highest BCUT2D eigenvalue weighted by molar-refractivity contribution is 6.31. The molecule has 2 rings (SSSR count). The van der Waals surface area contributed by atoms with Gasteiger partial charge in [-0.3, -0.25) is 0 Å². The van der Waals surface area contributed by atoms with E-state index in [1.165, 1.54) is 25.3 Å². The molecule has 0 bridgehead atoms. The van der Waals surface area contributed by atoms with Crippen LogP contribution in [0.4, 0.5) is 4.39 Å². The zero-order valence-electron chi connectivity index (χ0n) is 15.7. The Kier molecular flexibility index (Phi) is 7.00. The van der Waals surface area contributed by atoms with E-state index in [9.17, 15) is 9.18 Å². The standard InChI is InChI=1S/C20H22ClFN2O3/c1-11(2)9-27-20(25)18-16(10-26-5)24-12(3)19(23-4)17(18)14-7-6-13(22)8-15(14)21/h6-8,11,17,24H,9-10H2,1-3,5H3. The summed E-state index contributed by atoms with van der Waals surface area (Å²) in [5.74, 6) is -1.65. The Morgan fingerprint density at radius 3 is 2.70 bits per heavy atom. The van der Waals surface area contributed by atoms with E-state index in [0.29, 0.717) is 22.7 Å². The summed E-state index contributed by atoms with van der Waals surface area (Å²) in [6.45, 7) is 13.6. The fourth-order valence-electron chi connectivity index (χ4n) is 2.89. The third kappa shape index (κ3) is 4.68. The van der Waals surface area contributed by atoms with Crippen LogP contribution < -0.4 is 5.32 Å². The largest absolute Gasteiger partial charge is 0.462 e. The molecule has 1 atom stereocenters. The number of allylic oxidation sites excluding steroid dienone is 2. The molecule has 1 aliphatic rings. The van der Waals surface area contributed by atoms with E-state index in [0.717, 1.165) is 0 Å². The first-order valence-corrected chi connectivity index (χ1v) is 8.87. The lowest BCUT2D eigenvalue weighted by molar-refractivity contribution is -0.140. The summed E-state index contributed by atoms with van der Waals surface area (Å²) in [5, 5.41) is 3.21. The molecule has 0 radical (unpaired) electrons. The molecular weight excluding hydrogens is 371 g/mol. The molecule has 5 nitrogen and oxygen atoms in total. The molecule has 1 aromatic carbocycles. The van der Waals surface area contributed by atoms with Crippen molar-refractivity contribution in [3.05, 3.63) is 68.7 Å². The van der Waals surface area contributed by atoms with Gasteiger partial charge < -0.3 is 14.8 Å². The van der Waals surface area contributed by atoms with Crippen molar-refractivity contribution in [2.45, 2.75) is 26.7 Å². The van der Waals surface area contributed by atoms with Crippen LogP contribution in [-0.4, -0.2) is 26.3 Å². The van der Waals surface area contributed by atoms with Crippen LogP contribution in [0.2, 0.25) is 5.02 Å². The summed E-state index contributed by atoms with van der Waals surface area (Å²) in [6.07, 6.45) is 0. The number of esters is 1. The lowest BCUT2D eigenvalue weighted by Crippen LogP contribution is -2.31. The number of nitrogens with one attached hydrogen (secondary N) is 1. The molecule has 27 heavy (non-hydrogen) atoms. The zero-order valence-corrected chi connectivity index (χ0v) is 16.5. The van der Waals surface area contributed by atoms with Gasteiger partial charge in [-0.1, -0.05) is 31.5 Å². The summed E-state index contributed by atoms with van der Waals surface area (Å²) in [6, 6.07) is 3.92. The number of rotatable bonds is 6. The third-order valence-electron chi connectivity index (χ3n) is 4.06. The second-order valence-electron chi connectivity index (χ2n) is 6.66. The molecule has 1 aliphatic heterocycles. The Balaban J connectivity index is 2.63. The quantitative estimate of drug-likeness (QED) is 0.575. The van der Waals surface area contributed by atoms with Crippen LogP contribution >= 0.6 is 11.6 Å². The van der Waals surface area contributed by atoms with E-state index in [2.05, 4.69) is 10.2 Å². The van der Waals surface area contributed by atoms with Gasteiger partial charge in [0.05, 0.1) is 37.0 Å². The van der Waals surface area contributed by atoms with Gasteiger partial charge in [-0.05, 0) is 30.5 Å². The maximum absolute atomic E-state index is 13.5. The second kappa shape index (κ2) is 9.03. The third-order valence-corrected chi connectivity index (χ3v) is 4.39. The number of benzene rings is 1. The van der Waals surface area contributed by atoms with Gasteiger partial charge in [0, 0.05) is 17.8 Å². The van der Waals surface area contributed by atoms with E-state index >= 15 is 0 Å². The summed E-state index contributed by atoms with van der Waals surface area (Å²) in [4.78, 5) is 16.5. The fraction of sp³-hybridized carbons (Fsp3) is 0.400. The number of ether oxygens (including phenoxy) is 2. The predicted molar refractivity (Wildman–Crippen MR) is 101 cm³/mol. The molecule has 0 spiro atoms. The zero-order chi connectivity index (χ0) is 20.1. The highest BCUT2D eigenvalue weighted by Gasteiger charge is 2.37. The average Bonchev–Trinajstić information content (AvgIpc) is 2.59. The van der Waals surface area contributed by atoms with Crippen LogP contribution in [0.1, 0.15) is 32.3 Å². The summed E-state index contributed by atoms with van der Waals surface area (Å²) >= 11 is 6.26. The Hall–Kier alpha value is -2.36. The Bertz CT molecular complexity index is 840. The molecule has 1 aromatic rings. The molecule has 0 aliphatic carbocycles. The van der Waals surface area contributed by atoms with Crippen LogP contribution in [0.3, 0.4) is 0 Å². The summed E-state index contributed by atoms with van der Waals surface area (Å²) in [5.41, 5.74) is 2.11. The molecule has 0 saturated heterocycles. The van der Waals surface area contributed by atoms with Crippen LogP contribution in [-0.2, 0) is 14.3 Å². The Morgan fingerprint density at radius 2 is 2.15 bits per heavy atom. The first-order valence-electron chi connectivity index (χ1n) is 8.49. The van der Waals surface area contributed by atoms with Crippen molar-refractivity contribution in [3.8, 4) is 0 Å². The average molecular weight is 393 g/mol. The van der Waals surface area contributed by atoms with E-state index in [1.807, 2.05) is 13.8 Å². The predicted octanol–water partition coefficient (Wildman–Crippen LogP) is 4.42. The lowest BCUT2D eigenvalue weighted by Gasteiger charge is -2.30. The first kappa shape index (κ1) is 20.9. The highest BCUT2D eigenvalue weighted by Crippen LogP contribution is 2.42. The Morgan fingerprint density at radius 1 is 1.44 bits per heavy atom. The first-order chi connectivity index (χ1) is 12.8. The van der Waals surface area contributed by atoms with Crippen molar-refractivity contribution in [1.82, 2.24) is 5.32 Å². The van der Waals surface area contributed by atoms with Gasteiger partial charge in [0.15, 0.2) is 5.70 Å². The van der Waals surface area contributed by atoms with Crippen LogP contribution in [0.15, 0.2) is 40.9 Å². The van der Waals surface area contributed by atoms with Crippen LogP contribution in [0, 0.1) is 18.3 Å². The van der Waals surface area contributed by atoms with Crippen molar-refractivity contribution in [3.63, 3.8) is 0 Å². The number of hydrogen-bond acceptors (Lipinski definition) is 4. The molecule has 0 amide bonds. The smallest absolute Gasteiger partial charge is 0.335 e. The number of carbonyl (C=O) groups excluding carboxylic acids is 1. The number of dihydropyridines is 1. The van der Waals surface area contributed by atoms with E-state index in [1.54, 1.807) is 6.92 Å². The van der Waals surface area contributed by atoms with Crippen molar-refractivity contribution in [2.75, 3.05) is 20.3 Å². The summed E-state index contributed by atoms with van der Waals surface area (Å²) < 4.78 is 24.2. The minimum Gasteiger partial charge on any atom is -0.462 e. The molecule has 1 heterocycles. The number of carbonyl (C=O) groups is 1. The Labute approximate surface area is 163 Å². The van der Waals surface area contributed by atoms with E-state index in [-0.39, 0.29) is 29.7 Å². The maximum Gasteiger partial charge on any atom is 0.335 e. The second-order valence-corrected chi connectivity index (χ2v) is 7.07. The van der Waals surface area contributed by atoms with Crippen LogP contribution in [0.25, 0.3) is 4.85 Å². The molecule has 1 unspecified atom stereocenters. The number of methoxy groups -OCH3 is 1. The lowest BCUT2D eigenvalue weighted by atomic mass is 9.84. The van der Waals surface area contributed by atoms with Gasteiger partial charge in [-0.15, -0.1) is 0 Å². The molecule has 0 fully saturated rings. The van der Waals surface area contributed by atoms with Gasteiger partial charge in [-0.2, -0.15) is 0 Å². The normalized spacial score (nSPS) is 17.0. The molecule has 7 heteroatoms. The van der Waals surface area contributed by atoms with E-state index < -0.39 is 17.7 Å². The van der Waals surface area contributed by atoms with Crippen molar-refractivity contribution < 1.29 is 18.7 Å². The molecule has 144 valence electrons. The number of halogens is 2.